The first-order valence-corrected chi connectivity index (χ1v) is 5.74. The monoisotopic (exact) mass is 247 g/mol. The molecule has 0 bridgehead atoms. The summed E-state index contributed by atoms with van der Waals surface area (Å²) < 4.78 is 4.60. The minimum absolute atomic E-state index is 0.0514. The number of hydrogen-bond acceptors (Lipinski definition) is 5. The first-order valence-electron chi connectivity index (χ1n) is 5.74. The van der Waals surface area contributed by atoms with Gasteiger partial charge in [-0.2, -0.15) is 0 Å². The molecule has 5 heteroatoms. The maximum absolute atomic E-state index is 11.4. The van der Waals surface area contributed by atoms with Crippen molar-refractivity contribution in [2.75, 3.05) is 12.4 Å². The van der Waals surface area contributed by atoms with Gasteiger partial charge in [0.15, 0.2) is 0 Å². The number of rotatable bonds is 5. The van der Waals surface area contributed by atoms with Crippen LogP contribution in [-0.4, -0.2) is 29.1 Å². The second kappa shape index (κ2) is 6.60. The quantitative estimate of drug-likeness (QED) is 0.634. The molecule has 0 aromatic carbocycles. The SMILES string of the molecule is C#CCC(CC)Nc1cc(C)nc(C(=O)OC)n1. The molecule has 96 valence electrons. The molecule has 0 saturated carbocycles. The van der Waals surface area contributed by atoms with E-state index in [4.69, 9.17) is 6.42 Å². The second-order valence-electron chi connectivity index (χ2n) is 3.87. The number of anilines is 1. The highest BCUT2D eigenvalue weighted by Gasteiger charge is 2.13. The molecule has 0 aliphatic carbocycles. The van der Waals surface area contributed by atoms with Gasteiger partial charge in [0.2, 0.25) is 5.82 Å². The van der Waals surface area contributed by atoms with Gasteiger partial charge >= 0.3 is 5.97 Å². The third-order valence-corrected chi connectivity index (χ3v) is 2.43. The lowest BCUT2D eigenvalue weighted by molar-refractivity contribution is 0.0586. The zero-order valence-electron chi connectivity index (χ0n) is 10.9. The Labute approximate surface area is 107 Å². The van der Waals surface area contributed by atoms with Gasteiger partial charge in [0, 0.05) is 24.2 Å². The van der Waals surface area contributed by atoms with Crippen molar-refractivity contribution >= 4 is 11.8 Å². The summed E-state index contributed by atoms with van der Waals surface area (Å²) >= 11 is 0. The van der Waals surface area contributed by atoms with Crippen LogP contribution in [0, 0.1) is 19.3 Å². The van der Waals surface area contributed by atoms with Crippen molar-refractivity contribution in [1.82, 2.24) is 9.97 Å². The Balaban J connectivity index is 2.92. The molecule has 0 saturated heterocycles. The van der Waals surface area contributed by atoms with Gasteiger partial charge in [-0.15, -0.1) is 12.3 Å². The van der Waals surface area contributed by atoms with E-state index in [9.17, 15) is 4.79 Å². The number of carbonyl (C=O) groups excluding carboxylic acids is 1. The summed E-state index contributed by atoms with van der Waals surface area (Å²) in [4.78, 5) is 19.5. The molecular weight excluding hydrogens is 230 g/mol. The van der Waals surface area contributed by atoms with E-state index in [-0.39, 0.29) is 11.9 Å². The predicted octanol–water partition coefficient (Wildman–Crippen LogP) is 1.79. The van der Waals surface area contributed by atoms with Crippen LogP contribution in [0.5, 0.6) is 0 Å². The summed E-state index contributed by atoms with van der Waals surface area (Å²) in [5, 5.41) is 3.19. The van der Waals surface area contributed by atoms with Crippen molar-refractivity contribution in [1.29, 1.82) is 0 Å². The fourth-order valence-electron chi connectivity index (χ4n) is 1.47. The number of carbonyl (C=O) groups is 1. The lowest BCUT2D eigenvalue weighted by Gasteiger charge is -2.15. The molecule has 5 nitrogen and oxygen atoms in total. The standard InChI is InChI=1S/C13H17N3O2/c1-5-7-10(6-2)15-11-8-9(3)14-12(16-11)13(17)18-4/h1,8,10H,6-7H2,2-4H3,(H,14,15,16). The van der Waals surface area contributed by atoms with Crippen LogP contribution in [0.25, 0.3) is 0 Å². The highest BCUT2D eigenvalue weighted by molar-refractivity contribution is 5.85. The van der Waals surface area contributed by atoms with E-state index in [0.717, 1.165) is 6.42 Å². The maximum Gasteiger partial charge on any atom is 0.376 e. The van der Waals surface area contributed by atoms with E-state index in [1.807, 2.05) is 6.92 Å². The molecule has 1 N–H and O–H groups in total. The third-order valence-electron chi connectivity index (χ3n) is 2.43. The molecule has 1 unspecified atom stereocenters. The number of ether oxygens (including phenoxy) is 1. The van der Waals surface area contributed by atoms with E-state index in [0.29, 0.717) is 17.9 Å². The minimum Gasteiger partial charge on any atom is -0.463 e. The van der Waals surface area contributed by atoms with E-state index in [2.05, 4.69) is 25.9 Å². The van der Waals surface area contributed by atoms with Crippen molar-refractivity contribution in [2.45, 2.75) is 32.7 Å². The number of hydrogen-bond donors (Lipinski definition) is 1. The van der Waals surface area contributed by atoms with Crippen LogP contribution in [0.3, 0.4) is 0 Å². The van der Waals surface area contributed by atoms with Crippen LogP contribution in [0.15, 0.2) is 6.07 Å². The lowest BCUT2D eigenvalue weighted by Crippen LogP contribution is -2.20. The normalized spacial score (nSPS) is 11.4. The molecule has 0 aliphatic rings. The molecule has 1 heterocycles. The zero-order valence-corrected chi connectivity index (χ0v) is 10.9. The number of nitrogens with one attached hydrogen (secondary N) is 1. The Hall–Kier alpha value is -2.09. The minimum atomic E-state index is -0.549. The third kappa shape index (κ3) is 3.74. The molecule has 0 spiro atoms. The van der Waals surface area contributed by atoms with Crippen LogP contribution >= 0.6 is 0 Å². The van der Waals surface area contributed by atoms with Gasteiger partial charge in [0.25, 0.3) is 0 Å². The van der Waals surface area contributed by atoms with Gasteiger partial charge < -0.3 is 10.1 Å². The summed E-state index contributed by atoms with van der Waals surface area (Å²) in [5.74, 6) is 2.69. The molecular formula is C13H17N3O2. The smallest absolute Gasteiger partial charge is 0.376 e. The Bertz CT molecular complexity index is 466. The average Bonchev–Trinajstić information content (AvgIpc) is 2.36. The van der Waals surface area contributed by atoms with E-state index in [1.165, 1.54) is 7.11 Å². The Morgan fingerprint density at radius 1 is 1.61 bits per heavy atom. The topological polar surface area (TPSA) is 64.1 Å². The van der Waals surface area contributed by atoms with Crippen molar-refractivity contribution in [2.24, 2.45) is 0 Å². The van der Waals surface area contributed by atoms with Gasteiger partial charge in [-0.25, -0.2) is 14.8 Å². The largest absolute Gasteiger partial charge is 0.463 e. The Morgan fingerprint density at radius 3 is 2.89 bits per heavy atom. The van der Waals surface area contributed by atoms with Gasteiger partial charge in [-0.05, 0) is 13.3 Å². The second-order valence-corrected chi connectivity index (χ2v) is 3.87. The van der Waals surface area contributed by atoms with E-state index in [1.54, 1.807) is 13.0 Å². The Kier molecular flexibility index (Phi) is 5.12. The number of nitrogens with zero attached hydrogens (tertiary/aromatic N) is 2. The Morgan fingerprint density at radius 2 is 2.33 bits per heavy atom. The zero-order chi connectivity index (χ0) is 13.5. The van der Waals surface area contributed by atoms with E-state index < -0.39 is 5.97 Å². The highest BCUT2D eigenvalue weighted by Crippen LogP contribution is 2.11. The molecule has 1 aromatic rings. The maximum atomic E-state index is 11.4. The van der Waals surface area contributed by atoms with Gasteiger partial charge in [-0.1, -0.05) is 6.92 Å². The predicted molar refractivity (Wildman–Crippen MR) is 69.3 cm³/mol. The molecule has 1 rings (SSSR count). The molecule has 0 radical (unpaired) electrons. The van der Waals surface area contributed by atoms with Crippen molar-refractivity contribution in [3.8, 4) is 12.3 Å². The fraction of sp³-hybridized carbons (Fsp3) is 0.462. The summed E-state index contributed by atoms with van der Waals surface area (Å²) in [6.45, 7) is 3.83. The van der Waals surface area contributed by atoms with Crippen LogP contribution < -0.4 is 5.32 Å². The fourth-order valence-corrected chi connectivity index (χ4v) is 1.47. The van der Waals surface area contributed by atoms with Gasteiger partial charge in [0.05, 0.1) is 7.11 Å². The van der Waals surface area contributed by atoms with Gasteiger partial charge in [-0.3, -0.25) is 0 Å². The summed E-state index contributed by atoms with van der Waals surface area (Å²) in [5.41, 5.74) is 0.698. The summed E-state index contributed by atoms with van der Waals surface area (Å²) in [6, 6.07) is 1.90. The number of methoxy groups -OCH3 is 1. The molecule has 0 aliphatic heterocycles. The first kappa shape index (κ1) is 14.0. The van der Waals surface area contributed by atoms with E-state index >= 15 is 0 Å². The van der Waals surface area contributed by atoms with Gasteiger partial charge in [0.1, 0.15) is 5.82 Å². The highest BCUT2D eigenvalue weighted by atomic mass is 16.5. The van der Waals surface area contributed by atoms with Crippen LogP contribution in [0.2, 0.25) is 0 Å². The van der Waals surface area contributed by atoms with Crippen molar-refractivity contribution < 1.29 is 9.53 Å². The molecule has 0 fully saturated rings. The molecule has 1 aromatic heterocycles. The van der Waals surface area contributed by atoms with Crippen LogP contribution in [0.4, 0.5) is 5.82 Å². The average molecular weight is 247 g/mol. The summed E-state index contributed by atoms with van der Waals surface area (Å²) in [6.07, 6.45) is 6.77. The first-order chi connectivity index (χ1) is 8.60. The van der Waals surface area contributed by atoms with Crippen LogP contribution in [0.1, 0.15) is 36.1 Å². The van der Waals surface area contributed by atoms with Crippen LogP contribution in [-0.2, 0) is 4.74 Å². The van der Waals surface area contributed by atoms with Crippen molar-refractivity contribution in [3.63, 3.8) is 0 Å². The molecule has 0 amide bonds. The number of aryl methyl sites for hydroxylation is 1. The number of aromatic nitrogens is 2. The molecule has 18 heavy (non-hydrogen) atoms. The summed E-state index contributed by atoms with van der Waals surface area (Å²) in [7, 11) is 1.30. The molecule has 1 atom stereocenters. The lowest BCUT2D eigenvalue weighted by atomic mass is 10.1. The number of esters is 1. The number of terminal acetylenes is 1. The van der Waals surface area contributed by atoms with Crippen molar-refractivity contribution in [3.05, 3.63) is 17.6 Å².